The smallest absolute Gasteiger partial charge is 0.390 e. The summed E-state index contributed by atoms with van der Waals surface area (Å²) in [5.74, 6) is -3.19. The average Bonchev–Trinajstić information content (AvgIpc) is 3.01. The van der Waals surface area contributed by atoms with Crippen LogP contribution in [0.3, 0.4) is 0 Å². The molecule has 1 N–H and O–H groups in total. The number of aromatic nitrogens is 1. The first-order chi connectivity index (χ1) is 11.9. The number of alkyl halides is 3. The van der Waals surface area contributed by atoms with Crippen molar-refractivity contribution in [1.82, 2.24) is 4.98 Å². The fourth-order valence-corrected chi connectivity index (χ4v) is 4.74. The highest BCUT2D eigenvalue weighted by atomic mass is 35.5. The number of aliphatic hydroxyl groups excluding tert-OH is 1. The molecule has 2 unspecified atom stereocenters. The van der Waals surface area contributed by atoms with Crippen molar-refractivity contribution < 1.29 is 32.6 Å². The number of amides is 2. The molecule has 26 heavy (non-hydrogen) atoms. The van der Waals surface area contributed by atoms with E-state index >= 15 is 0 Å². The van der Waals surface area contributed by atoms with E-state index in [2.05, 4.69) is 4.98 Å². The number of hydrogen-bond acceptors (Lipinski definition) is 5. The topological polar surface area (TPSA) is 79.7 Å². The van der Waals surface area contributed by atoms with Crippen molar-refractivity contribution in [3.63, 3.8) is 0 Å². The van der Waals surface area contributed by atoms with E-state index < -0.39 is 57.8 Å². The third-order valence-corrected chi connectivity index (χ3v) is 5.98. The van der Waals surface area contributed by atoms with Gasteiger partial charge in [0.1, 0.15) is 10.8 Å². The van der Waals surface area contributed by atoms with Crippen LogP contribution < -0.4 is 4.90 Å². The van der Waals surface area contributed by atoms with Crippen molar-refractivity contribution in [2.75, 3.05) is 4.90 Å². The second kappa shape index (κ2) is 4.96. The lowest BCUT2D eigenvalue weighted by Gasteiger charge is -2.31. The highest BCUT2D eigenvalue weighted by molar-refractivity contribution is 6.30. The van der Waals surface area contributed by atoms with Crippen LogP contribution in [0.1, 0.15) is 25.8 Å². The van der Waals surface area contributed by atoms with Crippen molar-refractivity contribution in [2.45, 2.75) is 43.8 Å². The van der Waals surface area contributed by atoms with E-state index in [1.807, 2.05) is 0 Å². The molecule has 0 aromatic carbocycles. The van der Waals surface area contributed by atoms with Gasteiger partial charge in [-0.1, -0.05) is 11.6 Å². The Morgan fingerprint density at radius 3 is 2.54 bits per heavy atom. The van der Waals surface area contributed by atoms with E-state index in [0.29, 0.717) is 11.0 Å². The van der Waals surface area contributed by atoms with E-state index in [-0.39, 0.29) is 12.1 Å². The largest absolute Gasteiger partial charge is 0.419 e. The molecule has 2 bridgehead atoms. The van der Waals surface area contributed by atoms with E-state index in [1.165, 1.54) is 0 Å². The highest BCUT2D eigenvalue weighted by Crippen LogP contribution is 2.61. The zero-order valence-corrected chi connectivity index (χ0v) is 14.4. The second-order valence-electron chi connectivity index (χ2n) is 7.32. The number of fused-ring (bicyclic) bond motifs is 5. The van der Waals surface area contributed by atoms with Gasteiger partial charge in [-0.3, -0.25) is 9.59 Å². The maximum absolute atomic E-state index is 13.1. The number of anilines is 1. The Bertz CT molecular complexity index is 847. The molecule has 0 spiro atoms. The second-order valence-corrected chi connectivity index (χ2v) is 7.67. The molecule has 1 aromatic rings. The molecule has 2 amide bonds. The summed E-state index contributed by atoms with van der Waals surface area (Å²) in [6.07, 6.45) is -4.60. The Morgan fingerprint density at radius 2 is 1.92 bits per heavy atom. The normalized spacial score (nSPS) is 39.0. The van der Waals surface area contributed by atoms with Crippen LogP contribution in [0.25, 0.3) is 0 Å². The van der Waals surface area contributed by atoms with Gasteiger partial charge < -0.3 is 9.84 Å². The van der Waals surface area contributed by atoms with Crippen LogP contribution in [0.5, 0.6) is 0 Å². The first-order valence-corrected chi connectivity index (χ1v) is 8.27. The quantitative estimate of drug-likeness (QED) is 0.587. The summed E-state index contributed by atoms with van der Waals surface area (Å²) < 4.78 is 45.1. The SMILES string of the molecule is CC12C[C@@H](O)C(C)(O1)[C@H]1C(=O)N(c3cnc(Cl)c(C(F)(F)F)c3)C(=O)[C@H]12. The van der Waals surface area contributed by atoms with Crippen molar-refractivity contribution in [3.8, 4) is 0 Å². The Balaban J connectivity index is 1.80. The average molecular weight is 391 g/mol. The van der Waals surface area contributed by atoms with Gasteiger partial charge in [0.2, 0.25) is 11.8 Å². The molecule has 3 saturated heterocycles. The fraction of sp³-hybridized carbons (Fsp3) is 0.562. The van der Waals surface area contributed by atoms with Crippen LogP contribution in [0, 0.1) is 11.8 Å². The van der Waals surface area contributed by atoms with Gasteiger partial charge >= 0.3 is 6.18 Å². The number of rotatable bonds is 1. The standard InChI is InChI=1S/C16H14ClF3N2O4/c1-14-4-8(23)15(2,26-14)10-9(14)12(24)22(13(10)25)6-3-7(16(18,19)20)11(17)21-5-6/h3,5,8-10,23H,4H2,1-2H3/t8-,9+,10-,14?,15?/m1/s1. The number of carbonyl (C=O) groups is 2. The lowest BCUT2D eigenvalue weighted by molar-refractivity contribution is -0.138. The van der Waals surface area contributed by atoms with Gasteiger partial charge in [0.05, 0.1) is 41.0 Å². The highest BCUT2D eigenvalue weighted by Gasteiger charge is 2.75. The van der Waals surface area contributed by atoms with Crippen molar-refractivity contribution in [2.24, 2.45) is 11.8 Å². The maximum Gasteiger partial charge on any atom is 0.419 e. The number of halogens is 4. The summed E-state index contributed by atoms with van der Waals surface area (Å²) in [4.78, 5) is 30.0. The minimum Gasteiger partial charge on any atom is -0.390 e. The summed E-state index contributed by atoms with van der Waals surface area (Å²) in [6.45, 7) is 3.17. The predicted molar refractivity (Wildman–Crippen MR) is 82.2 cm³/mol. The monoisotopic (exact) mass is 390 g/mol. The van der Waals surface area contributed by atoms with Crippen molar-refractivity contribution in [1.29, 1.82) is 0 Å². The van der Waals surface area contributed by atoms with Gasteiger partial charge in [0.25, 0.3) is 0 Å². The van der Waals surface area contributed by atoms with Gasteiger partial charge in [-0.15, -0.1) is 0 Å². The third kappa shape index (κ3) is 2.04. The van der Waals surface area contributed by atoms with Gasteiger partial charge in [-0.05, 0) is 19.9 Å². The number of hydrogen-bond donors (Lipinski definition) is 1. The fourth-order valence-electron chi connectivity index (χ4n) is 4.53. The first kappa shape index (κ1) is 17.7. The van der Waals surface area contributed by atoms with Crippen molar-refractivity contribution >= 4 is 29.1 Å². The van der Waals surface area contributed by atoms with E-state index in [0.717, 1.165) is 6.20 Å². The van der Waals surface area contributed by atoms with Crippen molar-refractivity contribution in [3.05, 3.63) is 23.0 Å². The van der Waals surface area contributed by atoms with Gasteiger partial charge in [-0.2, -0.15) is 13.2 Å². The van der Waals surface area contributed by atoms with E-state index in [4.69, 9.17) is 16.3 Å². The molecule has 0 radical (unpaired) electrons. The summed E-state index contributed by atoms with van der Waals surface area (Å²) in [5, 5.41) is 9.49. The molecule has 10 heteroatoms. The molecule has 4 rings (SSSR count). The third-order valence-electron chi connectivity index (χ3n) is 5.68. The lowest BCUT2D eigenvalue weighted by atomic mass is 9.67. The number of carbonyl (C=O) groups excluding carboxylic acids is 2. The molecule has 3 fully saturated rings. The minimum atomic E-state index is -4.78. The Morgan fingerprint density at radius 1 is 1.31 bits per heavy atom. The van der Waals surface area contributed by atoms with E-state index in [1.54, 1.807) is 13.8 Å². The van der Waals surface area contributed by atoms with Crippen LogP contribution in [0.2, 0.25) is 5.15 Å². The lowest BCUT2D eigenvalue weighted by Crippen LogP contribution is -2.49. The summed E-state index contributed by atoms with van der Waals surface area (Å²) >= 11 is 5.50. The van der Waals surface area contributed by atoms with Crippen LogP contribution >= 0.6 is 11.6 Å². The zero-order valence-electron chi connectivity index (χ0n) is 13.7. The Labute approximate surface area is 150 Å². The molecule has 140 valence electrons. The maximum atomic E-state index is 13.1. The molecule has 6 nitrogen and oxygen atoms in total. The Hall–Kier alpha value is -1.71. The van der Waals surface area contributed by atoms with E-state index in [9.17, 15) is 27.9 Å². The summed E-state index contributed by atoms with van der Waals surface area (Å²) in [5.41, 5.74) is -3.83. The van der Waals surface area contributed by atoms with Crippen LogP contribution in [-0.2, 0) is 20.5 Å². The Kier molecular flexibility index (Phi) is 3.38. The zero-order chi connectivity index (χ0) is 19.2. The number of ether oxygens (including phenoxy) is 1. The molecular weight excluding hydrogens is 377 g/mol. The van der Waals surface area contributed by atoms with Crippen LogP contribution in [0.15, 0.2) is 12.3 Å². The van der Waals surface area contributed by atoms with Crippen LogP contribution in [-0.4, -0.2) is 39.2 Å². The molecule has 0 aliphatic carbocycles. The molecule has 5 atom stereocenters. The number of nitrogens with zero attached hydrogens (tertiary/aromatic N) is 2. The van der Waals surface area contributed by atoms with Crippen LogP contribution in [0.4, 0.5) is 18.9 Å². The first-order valence-electron chi connectivity index (χ1n) is 7.89. The predicted octanol–water partition coefficient (Wildman–Crippen LogP) is 2.17. The molecule has 1 aromatic heterocycles. The van der Waals surface area contributed by atoms with Gasteiger partial charge in [-0.25, -0.2) is 9.88 Å². The molecule has 0 saturated carbocycles. The molecule has 3 aliphatic rings. The summed E-state index contributed by atoms with van der Waals surface area (Å²) in [6, 6.07) is 0.635. The number of imide groups is 1. The minimum absolute atomic E-state index is 0.171. The number of aliphatic hydroxyl groups is 1. The number of pyridine rings is 1. The summed E-state index contributed by atoms with van der Waals surface area (Å²) in [7, 11) is 0. The van der Waals surface area contributed by atoms with Gasteiger partial charge in [0.15, 0.2) is 0 Å². The van der Waals surface area contributed by atoms with Gasteiger partial charge in [0, 0.05) is 6.42 Å². The molecule has 4 heterocycles. The molecular formula is C16H14ClF3N2O4. The molecule has 3 aliphatic heterocycles.